The molecule has 188 valence electrons. The van der Waals surface area contributed by atoms with Crippen molar-refractivity contribution in [3.8, 4) is 0 Å². The number of carbonyl (C=O) groups excluding carboxylic acids is 1. The van der Waals surface area contributed by atoms with E-state index in [0.717, 1.165) is 44.0 Å². The Kier molecular flexibility index (Phi) is 6.18. The van der Waals surface area contributed by atoms with Crippen molar-refractivity contribution in [2.24, 2.45) is 0 Å². The van der Waals surface area contributed by atoms with E-state index >= 15 is 0 Å². The summed E-state index contributed by atoms with van der Waals surface area (Å²) in [6, 6.07) is 32.1. The standard InChI is InChI=1S/C33H28N2O3/c1-21(34-29-15-7-11-23-9-3-5-13-27(23)29)25-17-19-37-32(25)31(36)33-26(18-20-38-33)22(2)35-30-16-8-12-24-10-4-6-14-28(24)30/h3-22,34-35H,1-2H3. The predicted molar refractivity (Wildman–Crippen MR) is 153 cm³/mol. The summed E-state index contributed by atoms with van der Waals surface area (Å²) in [5.74, 6) is 0.278. The minimum atomic E-state index is -0.275. The normalized spacial score (nSPS) is 12.9. The van der Waals surface area contributed by atoms with Gasteiger partial charge in [0.1, 0.15) is 0 Å². The van der Waals surface area contributed by atoms with Crippen LogP contribution in [0.25, 0.3) is 21.5 Å². The molecule has 6 rings (SSSR count). The lowest BCUT2D eigenvalue weighted by Gasteiger charge is -2.18. The summed E-state index contributed by atoms with van der Waals surface area (Å²) in [5, 5.41) is 11.7. The zero-order valence-corrected chi connectivity index (χ0v) is 21.3. The maximum Gasteiger partial charge on any atom is 0.263 e. The highest BCUT2D eigenvalue weighted by Crippen LogP contribution is 2.33. The molecule has 38 heavy (non-hydrogen) atoms. The first-order valence-corrected chi connectivity index (χ1v) is 12.8. The SMILES string of the molecule is CC(Nc1cccc2ccccc12)c1ccoc1C(=O)c1occc1C(C)Nc1cccc2ccccc12. The third kappa shape index (κ3) is 4.33. The van der Waals surface area contributed by atoms with E-state index in [2.05, 4.69) is 47.0 Å². The van der Waals surface area contributed by atoms with Gasteiger partial charge in [-0.25, -0.2) is 0 Å². The molecule has 6 aromatic rings. The van der Waals surface area contributed by atoms with Crippen LogP contribution in [0.3, 0.4) is 0 Å². The molecule has 0 radical (unpaired) electrons. The van der Waals surface area contributed by atoms with Crippen LogP contribution in [0.5, 0.6) is 0 Å². The molecule has 2 heterocycles. The van der Waals surface area contributed by atoms with Gasteiger partial charge in [0.05, 0.1) is 24.6 Å². The molecule has 4 aromatic carbocycles. The second-order valence-corrected chi connectivity index (χ2v) is 9.52. The Morgan fingerprint density at radius 1 is 0.579 bits per heavy atom. The van der Waals surface area contributed by atoms with Crippen LogP contribution in [-0.4, -0.2) is 5.78 Å². The molecular weight excluding hydrogens is 472 g/mol. The van der Waals surface area contributed by atoms with E-state index in [-0.39, 0.29) is 29.4 Å². The number of nitrogens with one attached hydrogen (secondary N) is 2. The smallest absolute Gasteiger partial charge is 0.263 e. The molecule has 0 aliphatic carbocycles. The van der Waals surface area contributed by atoms with Crippen LogP contribution in [0.4, 0.5) is 11.4 Å². The van der Waals surface area contributed by atoms with Gasteiger partial charge in [-0.15, -0.1) is 0 Å². The molecule has 5 nitrogen and oxygen atoms in total. The van der Waals surface area contributed by atoms with Crippen molar-refractivity contribution < 1.29 is 13.6 Å². The molecule has 0 aliphatic heterocycles. The Morgan fingerprint density at radius 3 is 1.47 bits per heavy atom. The van der Waals surface area contributed by atoms with Gasteiger partial charge < -0.3 is 19.5 Å². The van der Waals surface area contributed by atoms with E-state index in [1.165, 1.54) is 0 Å². The van der Waals surface area contributed by atoms with E-state index in [0.29, 0.717) is 0 Å². The predicted octanol–water partition coefficient (Wildman–Crippen LogP) is 8.76. The molecule has 2 N–H and O–H groups in total. The summed E-state index contributed by atoms with van der Waals surface area (Å²) < 4.78 is 11.5. The highest BCUT2D eigenvalue weighted by Gasteiger charge is 2.27. The molecule has 0 aliphatic rings. The number of carbonyl (C=O) groups is 1. The third-order valence-corrected chi connectivity index (χ3v) is 7.06. The number of fused-ring (bicyclic) bond motifs is 2. The third-order valence-electron chi connectivity index (χ3n) is 7.06. The fourth-order valence-corrected chi connectivity index (χ4v) is 5.12. The zero-order chi connectivity index (χ0) is 26.1. The minimum absolute atomic E-state index is 0.164. The number of anilines is 2. The van der Waals surface area contributed by atoms with Crippen molar-refractivity contribution in [1.82, 2.24) is 0 Å². The summed E-state index contributed by atoms with van der Waals surface area (Å²) in [5.41, 5.74) is 3.56. The average Bonchev–Trinajstić information content (AvgIpc) is 3.64. The molecule has 2 atom stereocenters. The molecule has 0 fully saturated rings. The van der Waals surface area contributed by atoms with Crippen LogP contribution < -0.4 is 10.6 Å². The summed E-state index contributed by atoms with van der Waals surface area (Å²) in [4.78, 5) is 13.7. The maximum absolute atomic E-state index is 13.7. The van der Waals surface area contributed by atoms with Crippen LogP contribution in [-0.2, 0) is 0 Å². The van der Waals surface area contributed by atoms with Gasteiger partial charge in [-0.2, -0.15) is 0 Å². The zero-order valence-electron chi connectivity index (χ0n) is 21.3. The van der Waals surface area contributed by atoms with Gasteiger partial charge in [0, 0.05) is 33.3 Å². The molecule has 0 saturated heterocycles. The van der Waals surface area contributed by atoms with E-state index in [9.17, 15) is 4.79 Å². The summed E-state index contributed by atoms with van der Waals surface area (Å²) in [6.07, 6.45) is 3.12. The Labute approximate surface area is 221 Å². The maximum atomic E-state index is 13.7. The number of hydrogen-bond donors (Lipinski definition) is 2. The van der Waals surface area contributed by atoms with Gasteiger partial charge >= 0.3 is 0 Å². The van der Waals surface area contributed by atoms with Gasteiger partial charge in [-0.1, -0.05) is 72.8 Å². The van der Waals surface area contributed by atoms with E-state index < -0.39 is 0 Å². The molecule has 5 heteroatoms. The Hall–Kier alpha value is -4.77. The lowest BCUT2D eigenvalue weighted by molar-refractivity contribution is 0.0980. The number of rotatable bonds is 8. The molecule has 2 unspecified atom stereocenters. The molecular formula is C33H28N2O3. The van der Waals surface area contributed by atoms with Crippen LogP contribution in [0.1, 0.15) is 53.4 Å². The largest absolute Gasteiger partial charge is 0.460 e. The number of benzene rings is 4. The quantitative estimate of drug-likeness (QED) is 0.205. The van der Waals surface area contributed by atoms with Gasteiger partial charge in [-0.3, -0.25) is 4.79 Å². The lowest BCUT2D eigenvalue weighted by atomic mass is 10.0. The molecule has 0 spiro atoms. The molecule has 0 amide bonds. The monoisotopic (exact) mass is 500 g/mol. The summed E-state index contributed by atoms with van der Waals surface area (Å²) in [7, 11) is 0. The van der Waals surface area contributed by atoms with Crippen LogP contribution in [0.15, 0.2) is 118 Å². The van der Waals surface area contributed by atoms with Gasteiger partial charge in [0.15, 0.2) is 11.5 Å². The fraction of sp³-hybridized carbons (Fsp3) is 0.121. The number of furan rings is 2. The topological polar surface area (TPSA) is 67.4 Å². The van der Waals surface area contributed by atoms with Crippen molar-refractivity contribution in [3.63, 3.8) is 0 Å². The average molecular weight is 501 g/mol. The second-order valence-electron chi connectivity index (χ2n) is 9.52. The van der Waals surface area contributed by atoms with Crippen molar-refractivity contribution >= 4 is 38.7 Å². The van der Waals surface area contributed by atoms with Gasteiger partial charge in [-0.05, 0) is 48.9 Å². The van der Waals surface area contributed by atoms with Crippen molar-refractivity contribution in [2.75, 3.05) is 10.6 Å². The van der Waals surface area contributed by atoms with Crippen LogP contribution >= 0.6 is 0 Å². The Bertz CT molecular complexity index is 1610. The first-order chi connectivity index (χ1) is 18.6. The first kappa shape index (κ1) is 23.6. The Morgan fingerprint density at radius 2 is 1.00 bits per heavy atom. The van der Waals surface area contributed by atoms with E-state index in [4.69, 9.17) is 8.83 Å². The second kappa shape index (κ2) is 9.94. The van der Waals surface area contributed by atoms with Crippen molar-refractivity contribution in [2.45, 2.75) is 25.9 Å². The molecule has 0 bridgehead atoms. The molecule has 0 saturated carbocycles. The minimum Gasteiger partial charge on any atom is -0.460 e. The first-order valence-electron chi connectivity index (χ1n) is 12.8. The number of hydrogen-bond acceptors (Lipinski definition) is 5. The number of ketones is 1. The lowest BCUT2D eigenvalue weighted by Crippen LogP contribution is -2.14. The Balaban J connectivity index is 1.26. The van der Waals surface area contributed by atoms with E-state index in [1.807, 2.05) is 74.5 Å². The fourth-order valence-electron chi connectivity index (χ4n) is 5.12. The van der Waals surface area contributed by atoms with Crippen LogP contribution in [0, 0.1) is 0 Å². The van der Waals surface area contributed by atoms with Gasteiger partial charge in [0.2, 0.25) is 0 Å². The van der Waals surface area contributed by atoms with Crippen molar-refractivity contribution in [1.29, 1.82) is 0 Å². The van der Waals surface area contributed by atoms with Crippen LogP contribution in [0.2, 0.25) is 0 Å². The highest BCUT2D eigenvalue weighted by atomic mass is 16.4. The molecule has 2 aromatic heterocycles. The van der Waals surface area contributed by atoms with Crippen molar-refractivity contribution in [3.05, 3.63) is 132 Å². The summed E-state index contributed by atoms with van der Waals surface area (Å²) in [6.45, 7) is 4.05. The van der Waals surface area contributed by atoms with E-state index in [1.54, 1.807) is 12.5 Å². The highest BCUT2D eigenvalue weighted by molar-refractivity contribution is 6.07. The summed E-state index contributed by atoms with van der Waals surface area (Å²) >= 11 is 0. The van der Waals surface area contributed by atoms with Gasteiger partial charge in [0.25, 0.3) is 5.78 Å².